The number of anilines is 1. The van der Waals surface area contributed by atoms with Gasteiger partial charge in [-0.2, -0.15) is 4.98 Å². The summed E-state index contributed by atoms with van der Waals surface area (Å²) in [7, 11) is 0. The molecule has 0 unspecified atom stereocenters. The van der Waals surface area contributed by atoms with Crippen LogP contribution >= 0.6 is 0 Å². The lowest BCUT2D eigenvalue weighted by Crippen LogP contribution is -2.47. The highest BCUT2D eigenvalue weighted by Crippen LogP contribution is 2.25. The predicted octanol–water partition coefficient (Wildman–Crippen LogP) is 0.225. The first-order valence-corrected chi connectivity index (χ1v) is 6.19. The molecule has 20 heavy (non-hydrogen) atoms. The maximum Gasteiger partial charge on any atom is 0.280 e. The first-order chi connectivity index (χ1) is 9.12. The van der Waals surface area contributed by atoms with Gasteiger partial charge in [-0.05, 0) is 27.7 Å². The third kappa shape index (κ3) is 2.52. The first-order valence-electron chi connectivity index (χ1n) is 6.19. The Labute approximate surface area is 115 Å². The van der Waals surface area contributed by atoms with Crippen molar-refractivity contribution in [2.24, 2.45) is 0 Å². The van der Waals surface area contributed by atoms with E-state index in [1.807, 2.05) is 0 Å². The monoisotopic (exact) mass is 281 g/mol. The number of hydrogen-bond donors (Lipinski definition) is 3. The minimum atomic E-state index is -1.02. The number of ether oxygens (including phenoxy) is 1. The largest absolute Gasteiger partial charge is 0.387 e. The average Bonchev–Trinajstić information content (AvgIpc) is 2.68. The van der Waals surface area contributed by atoms with E-state index >= 15 is 0 Å². The first kappa shape index (κ1) is 14.5. The molecule has 0 amide bonds. The van der Waals surface area contributed by atoms with Gasteiger partial charge in [-0.25, -0.2) is 4.98 Å². The van der Waals surface area contributed by atoms with Gasteiger partial charge in [0.2, 0.25) is 5.95 Å². The van der Waals surface area contributed by atoms with Crippen molar-refractivity contribution in [3.63, 3.8) is 0 Å². The smallest absolute Gasteiger partial charge is 0.280 e. The number of fused-ring (bicyclic) bond motifs is 1. The number of nitrogens with two attached hydrogens (primary N) is 1. The summed E-state index contributed by atoms with van der Waals surface area (Å²) in [5.41, 5.74) is 3.86. The summed E-state index contributed by atoms with van der Waals surface area (Å²) >= 11 is 0. The highest BCUT2D eigenvalue weighted by atomic mass is 16.5. The van der Waals surface area contributed by atoms with Crippen LogP contribution in [0.15, 0.2) is 11.1 Å². The topological polar surface area (TPSA) is 119 Å². The zero-order valence-electron chi connectivity index (χ0n) is 12.0. The lowest BCUT2D eigenvalue weighted by Gasteiger charge is -2.37. The number of nitrogens with zero attached hydrogens (tertiary/aromatic N) is 3. The number of H-pyrrole nitrogens is 1. The van der Waals surface area contributed by atoms with Gasteiger partial charge >= 0.3 is 0 Å². The van der Waals surface area contributed by atoms with Gasteiger partial charge in [0, 0.05) is 0 Å². The molecule has 0 radical (unpaired) electrons. The molecule has 0 aromatic carbocycles. The van der Waals surface area contributed by atoms with E-state index in [9.17, 15) is 9.90 Å². The van der Waals surface area contributed by atoms with Crippen molar-refractivity contribution in [3.05, 3.63) is 16.7 Å². The Balaban J connectivity index is 2.30. The molecular weight excluding hydrogens is 262 g/mol. The van der Waals surface area contributed by atoms with Crippen LogP contribution in [0.5, 0.6) is 0 Å². The predicted molar refractivity (Wildman–Crippen MR) is 74.0 cm³/mol. The minimum absolute atomic E-state index is 0.0194. The van der Waals surface area contributed by atoms with Crippen LogP contribution in [0.1, 0.15) is 27.7 Å². The van der Waals surface area contributed by atoms with E-state index in [-0.39, 0.29) is 18.2 Å². The van der Waals surface area contributed by atoms with E-state index in [0.717, 1.165) is 0 Å². The highest BCUT2D eigenvalue weighted by Gasteiger charge is 2.36. The Morgan fingerprint density at radius 3 is 2.70 bits per heavy atom. The van der Waals surface area contributed by atoms with Gasteiger partial charge in [-0.15, -0.1) is 0 Å². The Morgan fingerprint density at radius 1 is 1.45 bits per heavy atom. The molecule has 8 heteroatoms. The normalized spacial score (nSPS) is 13.1. The molecule has 0 bridgehead atoms. The second-order valence-corrected chi connectivity index (χ2v) is 5.68. The molecule has 8 nitrogen and oxygen atoms in total. The van der Waals surface area contributed by atoms with E-state index in [1.165, 1.54) is 6.33 Å². The summed E-state index contributed by atoms with van der Waals surface area (Å²) in [4.78, 5) is 22.0. The fourth-order valence-electron chi connectivity index (χ4n) is 1.47. The summed E-state index contributed by atoms with van der Waals surface area (Å²) in [6.07, 6.45) is 1.45. The number of aromatic amines is 1. The van der Waals surface area contributed by atoms with Crippen LogP contribution in [0.4, 0.5) is 5.95 Å². The number of nitrogens with one attached hydrogen (secondary N) is 1. The zero-order chi connectivity index (χ0) is 15.1. The lowest BCUT2D eigenvalue weighted by molar-refractivity contribution is -0.165. The number of hydrogen-bond acceptors (Lipinski definition) is 6. The molecule has 0 aliphatic heterocycles. The molecule has 2 aromatic rings. The third-order valence-corrected chi connectivity index (χ3v) is 3.53. The van der Waals surface area contributed by atoms with Crippen LogP contribution < -0.4 is 11.3 Å². The number of rotatable bonds is 4. The summed E-state index contributed by atoms with van der Waals surface area (Å²) in [6, 6.07) is 0. The van der Waals surface area contributed by atoms with Crippen molar-refractivity contribution >= 4 is 17.1 Å². The van der Waals surface area contributed by atoms with Crippen LogP contribution in [0.2, 0.25) is 0 Å². The van der Waals surface area contributed by atoms with Crippen LogP contribution in [0.3, 0.4) is 0 Å². The van der Waals surface area contributed by atoms with Crippen molar-refractivity contribution in [1.29, 1.82) is 0 Å². The van der Waals surface area contributed by atoms with Crippen molar-refractivity contribution in [1.82, 2.24) is 19.5 Å². The molecule has 0 aliphatic carbocycles. The molecule has 0 spiro atoms. The quantitative estimate of drug-likeness (QED) is 0.738. The molecule has 110 valence electrons. The number of imidazole rings is 1. The van der Waals surface area contributed by atoms with E-state index in [2.05, 4.69) is 15.0 Å². The molecule has 2 rings (SSSR count). The van der Waals surface area contributed by atoms with E-state index < -0.39 is 16.8 Å². The van der Waals surface area contributed by atoms with Gasteiger partial charge in [-0.3, -0.25) is 14.3 Å². The molecular formula is C12H19N5O3. The molecule has 0 aliphatic rings. The number of aromatic nitrogens is 4. The number of nitrogen functional groups attached to an aromatic ring is 1. The second kappa shape index (κ2) is 4.57. The molecule has 0 saturated carbocycles. The second-order valence-electron chi connectivity index (χ2n) is 5.68. The summed E-state index contributed by atoms with van der Waals surface area (Å²) in [6.45, 7) is 6.99. The standard InChI is InChI=1S/C12H19N5O3/c1-11(2,19)12(3,4)20-6-17-5-14-7-8(17)15-10(13)16-9(7)18/h5,19H,6H2,1-4H3,(H3,13,15,16,18). The molecule has 0 saturated heterocycles. The van der Waals surface area contributed by atoms with Gasteiger partial charge in [0.1, 0.15) is 6.73 Å². The SMILES string of the molecule is CC(C)(O)C(C)(C)OCn1cnc2c(=O)[nH]c(N)nc21. The van der Waals surface area contributed by atoms with E-state index in [1.54, 1.807) is 32.3 Å². The zero-order valence-corrected chi connectivity index (χ0v) is 12.0. The number of aliphatic hydroxyl groups is 1. The summed E-state index contributed by atoms with van der Waals surface area (Å²) in [5.74, 6) is 0.0194. The van der Waals surface area contributed by atoms with Crippen molar-refractivity contribution in [2.45, 2.75) is 45.6 Å². The van der Waals surface area contributed by atoms with Crippen molar-refractivity contribution in [3.8, 4) is 0 Å². The van der Waals surface area contributed by atoms with Gasteiger partial charge < -0.3 is 15.6 Å². The fraction of sp³-hybridized carbons (Fsp3) is 0.583. The van der Waals surface area contributed by atoms with Crippen LogP contribution in [0, 0.1) is 0 Å². The fourth-order valence-corrected chi connectivity index (χ4v) is 1.47. The molecule has 2 heterocycles. The Morgan fingerprint density at radius 2 is 2.10 bits per heavy atom. The van der Waals surface area contributed by atoms with Crippen molar-refractivity contribution < 1.29 is 9.84 Å². The molecule has 4 N–H and O–H groups in total. The highest BCUT2D eigenvalue weighted by molar-refractivity contribution is 5.70. The third-order valence-electron chi connectivity index (χ3n) is 3.53. The Kier molecular flexibility index (Phi) is 3.31. The van der Waals surface area contributed by atoms with E-state index in [4.69, 9.17) is 10.5 Å². The lowest BCUT2D eigenvalue weighted by atomic mass is 9.90. The van der Waals surface area contributed by atoms with Gasteiger partial charge in [-0.1, -0.05) is 0 Å². The van der Waals surface area contributed by atoms with Crippen LogP contribution in [-0.4, -0.2) is 35.8 Å². The molecule has 0 fully saturated rings. The maximum absolute atomic E-state index is 11.6. The van der Waals surface area contributed by atoms with Crippen molar-refractivity contribution in [2.75, 3.05) is 5.73 Å². The van der Waals surface area contributed by atoms with Gasteiger partial charge in [0.15, 0.2) is 11.2 Å². The minimum Gasteiger partial charge on any atom is -0.387 e. The Hall–Kier alpha value is -1.93. The maximum atomic E-state index is 11.6. The van der Waals surface area contributed by atoms with Gasteiger partial charge in [0.25, 0.3) is 5.56 Å². The molecule has 0 atom stereocenters. The summed E-state index contributed by atoms with van der Waals surface area (Å²) in [5, 5.41) is 10.0. The van der Waals surface area contributed by atoms with Gasteiger partial charge in [0.05, 0.1) is 17.5 Å². The average molecular weight is 281 g/mol. The Bertz CT molecular complexity index is 680. The molecule has 2 aromatic heterocycles. The van der Waals surface area contributed by atoms with Crippen LogP contribution in [-0.2, 0) is 11.5 Å². The van der Waals surface area contributed by atoms with E-state index in [0.29, 0.717) is 5.65 Å². The summed E-state index contributed by atoms with van der Waals surface area (Å²) < 4.78 is 7.27. The van der Waals surface area contributed by atoms with Crippen LogP contribution in [0.25, 0.3) is 11.2 Å².